The molecular formula is C24H29FN4O4. The Kier molecular flexibility index (Phi) is 6.23. The molecule has 0 spiro atoms. The van der Waals surface area contributed by atoms with E-state index in [0.717, 1.165) is 25.7 Å². The smallest absolute Gasteiger partial charge is 0.358 e. The van der Waals surface area contributed by atoms with E-state index >= 15 is 0 Å². The van der Waals surface area contributed by atoms with Crippen molar-refractivity contribution in [3.05, 3.63) is 47.5 Å². The zero-order chi connectivity index (χ0) is 23.8. The number of carbonyl (C=O) groups is 3. The fraction of sp³-hybridized carbons (Fsp3) is 0.500. The number of rotatable bonds is 5. The molecule has 1 fully saturated rings. The Hall–Kier alpha value is -3.23. The zero-order valence-electron chi connectivity index (χ0n) is 19.1. The Morgan fingerprint density at radius 1 is 1.24 bits per heavy atom. The Bertz CT molecular complexity index is 1080. The molecule has 176 valence electrons. The van der Waals surface area contributed by atoms with Crippen LogP contribution in [0.1, 0.15) is 67.4 Å². The molecular weight excluding hydrogens is 427 g/mol. The van der Waals surface area contributed by atoms with Crippen molar-refractivity contribution in [2.75, 3.05) is 11.5 Å². The van der Waals surface area contributed by atoms with Crippen LogP contribution in [0, 0.1) is 11.7 Å². The lowest BCUT2D eigenvalue weighted by Gasteiger charge is -2.44. The number of halogens is 1. The highest BCUT2D eigenvalue weighted by Gasteiger charge is 2.49. The second-order valence-corrected chi connectivity index (χ2v) is 9.12. The summed E-state index contributed by atoms with van der Waals surface area (Å²) < 4.78 is 20.5. The molecule has 9 heteroatoms. The number of benzene rings is 1. The van der Waals surface area contributed by atoms with Crippen molar-refractivity contribution in [2.24, 2.45) is 5.92 Å². The highest BCUT2D eigenvalue weighted by atomic mass is 19.1. The topological polar surface area (TPSA) is 93.5 Å². The molecule has 1 unspecified atom stereocenters. The van der Waals surface area contributed by atoms with Gasteiger partial charge in [-0.2, -0.15) is 5.10 Å². The summed E-state index contributed by atoms with van der Waals surface area (Å²) >= 11 is 0. The quantitative estimate of drug-likeness (QED) is 0.697. The van der Waals surface area contributed by atoms with Gasteiger partial charge in [0.05, 0.1) is 13.2 Å². The number of nitrogens with one attached hydrogen (secondary N) is 1. The van der Waals surface area contributed by atoms with E-state index in [4.69, 9.17) is 4.74 Å². The molecule has 1 aromatic carbocycles. The number of fused-ring (bicyclic) bond motifs is 1. The van der Waals surface area contributed by atoms with E-state index in [9.17, 15) is 18.8 Å². The van der Waals surface area contributed by atoms with Crippen LogP contribution in [0.4, 0.5) is 10.1 Å². The lowest BCUT2D eigenvalue weighted by molar-refractivity contribution is -0.127. The van der Waals surface area contributed by atoms with Gasteiger partial charge < -0.3 is 10.1 Å². The van der Waals surface area contributed by atoms with Crippen LogP contribution in [-0.2, 0) is 16.1 Å². The van der Waals surface area contributed by atoms with Gasteiger partial charge in [-0.1, -0.05) is 13.0 Å². The van der Waals surface area contributed by atoms with E-state index in [2.05, 4.69) is 17.3 Å². The molecule has 1 aliphatic heterocycles. The van der Waals surface area contributed by atoms with Gasteiger partial charge in [-0.3, -0.25) is 19.2 Å². The minimum atomic E-state index is -1.38. The average Bonchev–Trinajstić information content (AvgIpc) is 3.20. The molecule has 1 aromatic heterocycles. The van der Waals surface area contributed by atoms with Crippen molar-refractivity contribution >= 4 is 23.5 Å². The first-order valence-electron chi connectivity index (χ1n) is 11.4. The van der Waals surface area contributed by atoms with Gasteiger partial charge in [0.25, 0.3) is 5.91 Å². The summed E-state index contributed by atoms with van der Waals surface area (Å²) in [7, 11) is 0. The molecule has 0 saturated heterocycles. The molecule has 0 bridgehead atoms. The number of nitrogens with zero attached hydrogens (tertiary/aromatic N) is 3. The van der Waals surface area contributed by atoms with E-state index in [1.165, 1.54) is 33.8 Å². The molecule has 2 heterocycles. The molecule has 33 heavy (non-hydrogen) atoms. The van der Waals surface area contributed by atoms with Crippen LogP contribution in [0.25, 0.3) is 0 Å². The second-order valence-electron chi connectivity index (χ2n) is 9.12. The second kappa shape index (κ2) is 8.96. The number of hydrogen-bond acceptors (Lipinski definition) is 5. The number of hydrogen-bond donors (Lipinski definition) is 1. The number of ether oxygens (including phenoxy) is 1. The summed E-state index contributed by atoms with van der Waals surface area (Å²) in [6, 6.07) is 6.96. The van der Waals surface area contributed by atoms with Gasteiger partial charge in [-0.15, -0.1) is 0 Å². The summed E-state index contributed by atoms with van der Waals surface area (Å²) in [6.45, 7) is 5.71. The maximum atomic E-state index is 14.1. The van der Waals surface area contributed by atoms with E-state index in [0.29, 0.717) is 5.92 Å². The number of anilines is 1. The summed E-state index contributed by atoms with van der Waals surface area (Å²) in [6.07, 6.45) is 3.80. The molecule has 1 atom stereocenters. The average molecular weight is 457 g/mol. The number of aromatic nitrogens is 2. The molecule has 2 aliphatic rings. The lowest BCUT2D eigenvalue weighted by atomic mass is 9.86. The maximum Gasteiger partial charge on any atom is 0.358 e. The third kappa shape index (κ3) is 4.36. The van der Waals surface area contributed by atoms with Crippen molar-refractivity contribution in [3.63, 3.8) is 0 Å². The van der Waals surface area contributed by atoms with E-state index in [-0.39, 0.29) is 42.2 Å². The van der Waals surface area contributed by atoms with Crippen molar-refractivity contribution < 1.29 is 23.5 Å². The first-order valence-corrected chi connectivity index (χ1v) is 11.4. The van der Waals surface area contributed by atoms with Gasteiger partial charge in [-0.05, 0) is 63.6 Å². The molecule has 0 radical (unpaired) electrons. The third-order valence-electron chi connectivity index (χ3n) is 6.54. The number of amides is 2. The minimum absolute atomic E-state index is 0.00896. The molecule has 2 amide bonds. The Morgan fingerprint density at radius 3 is 2.64 bits per heavy atom. The van der Waals surface area contributed by atoms with Gasteiger partial charge in [0.1, 0.15) is 17.1 Å². The van der Waals surface area contributed by atoms with E-state index in [1.807, 2.05) is 0 Å². The lowest BCUT2D eigenvalue weighted by Crippen LogP contribution is -2.65. The summed E-state index contributed by atoms with van der Waals surface area (Å²) in [4.78, 5) is 40.7. The fourth-order valence-corrected chi connectivity index (χ4v) is 4.65. The monoisotopic (exact) mass is 456 g/mol. The van der Waals surface area contributed by atoms with Crippen LogP contribution < -0.4 is 10.2 Å². The molecule has 1 N–H and O–H groups in total. The standard InChI is InChI=1S/C24H29FN4O4/c1-4-33-22(31)19-13-20-21(30)29(18-7-5-6-16(25)12-18)24(3,14-28(20)27-19)23(32)26-17-10-8-15(2)9-11-17/h5-7,12-13,15,17H,4,8-11,14H2,1-3H3,(H,26,32). The summed E-state index contributed by atoms with van der Waals surface area (Å²) in [5.74, 6) is -1.41. The molecule has 1 aliphatic carbocycles. The van der Waals surface area contributed by atoms with Gasteiger partial charge in [0, 0.05) is 17.8 Å². The summed E-state index contributed by atoms with van der Waals surface area (Å²) in [5, 5.41) is 7.35. The van der Waals surface area contributed by atoms with Crippen LogP contribution in [0.3, 0.4) is 0 Å². The Labute approximate surface area is 192 Å². The third-order valence-corrected chi connectivity index (χ3v) is 6.54. The van der Waals surface area contributed by atoms with Crippen molar-refractivity contribution in [1.82, 2.24) is 15.1 Å². The zero-order valence-corrected chi connectivity index (χ0v) is 19.1. The van der Waals surface area contributed by atoms with Crippen molar-refractivity contribution in [3.8, 4) is 0 Å². The maximum absolute atomic E-state index is 14.1. The number of esters is 1. The molecule has 4 rings (SSSR count). The van der Waals surface area contributed by atoms with Crippen molar-refractivity contribution in [1.29, 1.82) is 0 Å². The summed E-state index contributed by atoms with van der Waals surface area (Å²) in [5.41, 5.74) is -0.983. The van der Waals surface area contributed by atoms with Gasteiger partial charge >= 0.3 is 5.97 Å². The largest absolute Gasteiger partial charge is 0.461 e. The Balaban J connectivity index is 1.72. The number of carbonyl (C=O) groups excluding carboxylic acids is 3. The molecule has 8 nitrogen and oxygen atoms in total. The van der Waals surface area contributed by atoms with Crippen LogP contribution in [-0.4, -0.2) is 45.8 Å². The van der Waals surface area contributed by atoms with Crippen LogP contribution in [0.5, 0.6) is 0 Å². The van der Waals surface area contributed by atoms with Gasteiger partial charge in [0.15, 0.2) is 5.69 Å². The highest BCUT2D eigenvalue weighted by Crippen LogP contribution is 2.34. The van der Waals surface area contributed by atoms with E-state index < -0.39 is 23.2 Å². The fourth-order valence-electron chi connectivity index (χ4n) is 4.65. The van der Waals surface area contributed by atoms with Gasteiger partial charge in [0.2, 0.25) is 5.91 Å². The minimum Gasteiger partial charge on any atom is -0.461 e. The SMILES string of the molecule is CCOC(=O)c1cc2n(n1)CC(C)(C(=O)NC1CCC(C)CC1)N(c1cccc(F)c1)C2=O. The predicted octanol–water partition coefficient (Wildman–Crippen LogP) is 3.31. The first-order chi connectivity index (χ1) is 15.7. The van der Waals surface area contributed by atoms with Crippen LogP contribution >= 0.6 is 0 Å². The highest BCUT2D eigenvalue weighted by molar-refractivity contribution is 6.12. The molecule has 1 saturated carbocycles. The van der Waals surface area contributed by atoms with Crippen LogP contribution in [0.15, 0.2) is 30.3 Å². The van der Waals surface area contributed by atoms with Gasteiger partial charge in [-0.25, -0.2) is 9.18 Å². The Morgan fingerprint density at radius 2 is 1.97 bits per heavy atom. The van der Waals surface area contributed by atoms with Crippen LogP contribution in [0.2, 0.25) is 0 Å². The van der Waals surface area contributed by atoms with E-state index in [1.54, 1.807) is 19.9 Å². The first kappa shape index (κ1) is 22.9. The molecule has 2 aromatic rings. The normalized spacial score (nSPS) is 24.8. The predicted molar refractivity (Wildman–Crippen MR) is 119 cm³/mol. The van der Waals surface area contributed by atoms with Crippen molar-refractivity contribution in [2.45, 2.75) is 64.6 Å².